The van der Waals surface area contributed by atoms with Crippen LogP contribution in [0.2, 0.25) is 0 Å². The van der Waals surface area contributed by atoms with Gasteiger partial charge in [-0.1, -0.05) is 0 Å². The molecule has 4 heteroatoms. The zero-order valence-corrected chi connectivity index (χ0v) is 12.9. The fourth-order valence-corrected chi connectivity index (χ4v) is 4.88. The summed E-state index contributed by atoms with van der Waals surface area (Å²) in [5.41, 5.74) is 8.33. The van der Waals surface area contributed by atoms with Gasteiger partial charge in [-0.15, -0.1) is 11.8 Å². The second-order valence-corrected chi connectivity index (χ2v) is 6.81. The first-order chi connectivity index (χ1) is 8.04. The molecule has 1 aromatic carbocycles. The van der Waals surface area contributed by atoms with E-state index in [1.807, 2.05) is 11.8 Å². The Morgan fingerprint density at radius 2 is 2.18 bits per heavy atom. The van der Waals surface area contributed by atoms with E-state index >= 15 is 0 Å². The topological polar surface area (TPSA) is 29.3 Å². The monoisotopic (exact) mass is 314 g/mol. The lowest BCUT2D eigenvalue weighted by Crippen LogP contribution is -2.41. The number of hydrogen-bond acceptors (Lipinski definition) is 3. The summed E-state index contributed by atoms with van der Waals surface area (Å²) in [6.07, 6.45) is 1.07. The molecular weight excluding hydrogens is 296 g/mol. The second-order valence-electron chi connectivity index (χ2n) is 4.68. The quantitative estimate of drug-likeness (QED) is 0.907. The molecule has 0 saturated heterocycles. The van der Waals surface area contributed by atoms with Gasteiger partial charge in [-0.05, 0) is 60.4 Å². The van der Waals surface area contributed by atoms with E-state index in [2.05, 4.69) is 53.9 Å². The smallest absolute Gasteiger partial charge is 0.0649 e. The predicted octanol–water partition coefficient (Wildman–Crippen LogP) is 3.41. The Morgan fingerprint density at radius 3 is 2.82 bits per heavy atom. The van der Waals surface area contributed by atoms with Gasteiger partial charge >= 0.3 is 0 Å². The van der Waals surface area contributed by atoms with Gasteiger partial charge in [0.05, 0.1) is 5.69 Å². The Kier molecular flexibility index (Phi) is 4.06. The van der Waals surface area contributed by atoms with Gasteiger partial charge in [-0.25, -0.2) is 0 Å². The average Bonchev–Trinajstić information content (AvgIpc) is 2.24. The van der Waals surface area contributed by atoms with Gasteiger partial charge in [-0.3, -0.25) is 0 Å². The number of benzene rings is 1. The number of fused-ring (bicyclic) bond motifs is 1. The van der Waals surface area contributed by atoms with Crippen molar-refractivity contribution in [3.63, 3.8) is 0 Å². The minimum absolute atomic E-state index is 0.523. The number of rotatable bonds is 2. The lowest BCUT2D eigenvalue weighted by atomic mass is 10.1. The molecule has 0 aliphatic carbocycles. The van der Waals surface area contributed by atoms with Crippen molar-refractivity contribution < 1.29 is 0 Å². The van der Waals surface area contributed by atoms with Gasteiger partial charge in [0, 0.05) is 27.7 Å². The van der Waals surface area contributed by atoms with E-state index in [0.717, 1.165) is 13.0 Å². The zero-order chi connectivity index (χ0) is 12.6. The number of hydrogen-bond donors (Lipinski definition) is 1. The Balaban J connectivity index is 2.41. The van der Waals surface area contributed by atoms with Crippen molar-refractivity contribution in [3.05, 3.63) is 22.2 Å². The molecule has 2 nitrogen and oxygen atoms in total. The third kappa shape index (κ3) is 2.49. The zero-order valence-electron chi connectivity index (χ0n) is 10.5. The molecule has 2 rings (SSSR count). The summed E-state index contributed by atoms with van der Waals surface area (Å²) in [5.74, 6) is 0. The molecule has 2 atom stereocenters. The highest BCUT2D eigenvalue weighted by atomic mass is 79.9. The van der Waals surface area contributed by atoms with Crippen molar-refractivity contribution in [1.82, 2.24) is 0 Å². The molecule has 0 amide bonds. The summed E-state index contributed by atoms with van der Waals surface area (Å²) >= 11 is 5.65. The van der Waals surface area contributed by atoms with Crippen molar-refractivity contribution in [2.75, 3.05) is 18.5 Å². The van der Waals surface area contributed by atoms with E-state index in [1.54, 1.807) is 0 Å². The van der Waals surface area contributed by atoms with Gasteiger partial charge < -0.3 is 10.6 Å². The number of nitrogens with two attached hydrogens (primary N) is 1. The third-order valence-electron chi connectivity index (χ3n) is 3.40. The molecule has 1 aromatic rings. The molecule has 1 aliphatic heterocycles. The van der Waals surface area contributed by atoms with Crippen molar-refractivity contribution in [2.24, 2.45) is 5.73 Å². The third-order valence-corrected chi connectivity index (χ3v) is 5.51. The van der Waals surface area contributed by atoms with Gasteiger partial charge in [0.25, 0.3) is 0 Å². The van der Waals surface area contributed by atoms with Crippen LogP contribution in [0.25, 0.3) is 0 Å². The van der Waals surface area contributed by atoms with Crippen molar-refractivity contribution in [2.45, 2.75) is 36.5 Å². The number of thioether (sulfide) groups is 1. The van der Waals surface area contributed by atoms with Gasteiger partial charge in [-0.2, -0.15) is 0 Å². The van der Waals surface area contributed by atoms with Gasteiger partial charge in [0.2, 0.25) is 0 Å². The standard InChI is InChI=1S/C13H19BrN2S/c1-8-6-10(14)13-12(7-8)17-11(4-5-15)9(2)16(13)3/h6-7,9,11H,4-5,15H2,1-3H3. The van der Waals surface area contributed by atoms with Crippen LogP contribution in [0, 0.1) is 6.92 Å². The maximum atomic E-state index is 5.71. The summed E-state index contributed by atoms with van der Waals surface area (Å²) in [6, 6.07) is 4.98. The molecule has 94 valence electrons. The first-order valence-electron chi connectivity index (χ1n) is 5.94. The molecule has 0 fully saturated rings. The van der Waals surface area contributed by atoms with Crippen LogP contribution in [-0.2, 0) is 0 Å². The van der Waals surface area contributed by atoms with Crippen LogP contribution in [0.3, 0.4) is 0 Å². The Hall–Kier alpha value is -0.190. The average molecular weight is 315 g/mol. The fraction of sp³-hybridized carbons (Fsp3) is 0.538. The molecule has 1 heterocycles. The summed E-state index contributed by atoms with van der Waals surface area (Å²) in [7, 11) is 2.17. The van der Waals surface area contributed by atoms with E-state index in [0.29, 0.717) is 11.3 Å². The number of nitrogens with zero attached hydrogens (tertiary/aromatic N) is 1. The first-order valence-corrected chi connectivity index (χ1v) is 7.61. The SMILES string of the molecule is Cc1cc(Br)c2c(c1)SC(CCN)C(C)N2C. The first kappa shape index (κ1) is 13.2. The van der Waals surface area contributed by atoms with Gasteiger partial charge in [0.1, 0.15) is 0 Å². The van der Waals surface area contributed by atoms with Gasteiger partial charge in [0.15, 0.2) is 0 Å². The summed E-state index contributed by atoms with van der Waals surface area (Å²) in [6.45, 7) is 5.18. The minimum atomic E-state index is 0.523. The van der Waals surface area contributed by atoms with Crippen LogP contribution in [-0.4, -0.2) is 24.9 Å². The van der Waals surface area contributed by atoms with E-state index in [9.17, 15) is 0 Å². The Labute approximate surface area is 116 Å². The maximum absolute atomic E-state index is 5.71. The second kappa shape index (κ2) is 5.21. The molecule has 0 aromatic heterocycles. The molecule has 0 spiro atoms. The molecule has 2 unspecified atom stereocenters. The summed E-state index contributed by atoms with van der Waals surface area (Å²) in [4.78, 5) is 3.74. The normalized spacial score (nSPS) is 23.7. The number of halogens is 1. The van der Waals surface area contributed by atoms with Crippen molar-refractivity contribution in [3.8, 4) is 0 Å². The summed E-state index contributed by atoms with van der Waals surface area (Å²) < 4.78 is 1.19. The van der Waals surface area contributed by atoms with Crippen LogP contribution in [0.15, 0.2) is 21.5 Å². The highest BCUT2D eigenvalue weighted by molar-refractivity contribution is 9.10. The van der Waals surface area contributed by atoms with E-state index in [4.69, 9.17) is 5.73 Å². The molecule has 1 aliphatic rings. The summed E-state index contributed by atoms with van der Waals surface area (Å²) in [5, 5.41) is 0.589. The largest absolute Gasteiger partial charge is 0.369 e. The number of aryl methyl sites for hydroxylation is 1. The lowest BCUT2D eigenvalue weighted by molar-refractivity contribution is 0.603. The number of anilines is 1. The molecule has 2 N–H and O–H groups in total. The van der Waals surface area contributed by atoms with Crippen LogP contribution in [0.4, 0.5) is 5.69 Å². The Morgan fingerprint density at radius 1 is 1.47 bits per heavy atom. The maximum Gasteiger partial charge on any atom is 0.0649 e. The van der Waals surface area contributed by atoms with E-state index in [1.165, 1.54) is 20.6 Å². The van der Waals surface area contributed by atoms with Crippen LogP contribution in [0.5, 0.6) is 0 Å². The van der Waals surface area contributed by atoms with E-state index in [-0.39, 0.29) is 0 Å². The molecule has 0 radical (unpaired) electrons. The molecule has 17 heavy (non-hydrogen) atoms. The van der Waals surface area contributed by atoms with Crippen LogP contribution >= 0.6 is 27.7 Å². The molecular formula is C13H19BrN2S. The Bertz CT molecular complexity index is 422. The lowest BCUT2D eigenvalue weighted by Gasteiger charge is -2.40. The molecule has 0 saturated carbocycles. The van der Waals surface area contributed by atoms with Crippen LogP contribution < -0.4 is 10.6 Å². The highest BCUT2D eigenvalue weighted by Crippen LogP contribution is 2.46. The van der Waals surface area contributed by atoms with Crippen molar-refractivity contribution in [1.29, 1.82) is 0 Å². The minimum Gasteiger partial charge on any atom is -0.369 e. The predicted molar refractivity (Wildman–Crippen MR) is 80.1 cm³/mol. The van der Waals surface area contributed by atoms with E-state index < -0.39 is 0 Å². The van der Waals surface area contributed by atoms with Crippen LogP contribution in [0.1, 0.15) is 18.9 Å². The fourth-order valence-electron chi connectivity index (χ4n) is 2.31. The van der Waals surface area contributed by atoms with Crippen molar-refractivity contribution >= 4 is 33.4 Å². The molecule has 0 bridgehead atoms. The highest BCUT2D eigenvalue weighted by Gasteiger charge is 2.30.